The number of nitrogen functional groups attached to an aromatic ring is 1. The lowest BCUT2D eigenvalue weighted by atomic mass is 10.3. The Morgan fingerprint density at radius 1 is 1.69 bits per heavy atom. The zero-order valence-electron chi connectivity index (χ0n) is 8.57. The second-order valence-electron chi connectivity index (χ2n) is 2.98. The molecule has 0 radical (unpaired) electrons. The summed E-state index contributed by atoms with van der Waals surface area (Å²) < 4.78 is 17.5. The van der Waals surface area contributed by atoms with E-state index < -0.39 is 4.83 Å². The summed E-state index contributed by atoms with van der Waals surface area (Å²) in [5.74, 6) is -0.274. The molecular weight excluding hydrogens is 297 g/mol. The van der Waals surface area contributed by atoms with Gasteiger partial charge in [0, 0.05) is 16.3 Å². The summed E-state index contributed by atoms with van der Waals surface area (Å²) in [7, 11) is 1.32. The molecule has 1 aromatic rings. The second kappa shape index (κ2) is 6.10. The monoisotopic (exact) mass is 307 g/mol. The maximum atomic E-state index is 12.9. The molecule has 0 aromatic heterocycles. The highest BCUT2D eigenvalue weighted by Crippen LogP contribution is 2.27. The van der Waals surface area contributed by atoms with Crippen molar-refractivity contribution in [1.29, 1.82) is 0 Å². The third-order valence-electron chi connectivity index (χ3n) is 1.82. The Labute approximate surface area is 106 Å². The highest BCUT2D eigenvalue weighted by Gasteiger charge is 2.16. The molecule has 0 amide bonds. The van der Waals surface area contributed by atoms with Gasteiger partial charge in [0.1, 0.15) is 10.6 Å². The molecular formula is C10H11BrFNO2S. The van der Waals surface area contributed by atoms with Crippen molar-refractivity contribution in [3.63, 3.8) is 0 Å². The Hall–Kier alpha value is -0.750. The first kappa shape index (κ1) is 13.3. The van der Waals surface area contributed by atoms with E-state index in [0.717, 1.165) is 0 Å². The van der Waals surface area contributed by atoms with Crippen LogP contribution in [0.4, 0.5) is 10.1 Å². The molecule has 0 saturated carbocycles. The zero-order chi connectivity index (χ0) is 12.1. The fourth-order valence-corrected chi connectivity index (χ4v) is 2.47. The van der Waals surface area contributed by atoms with Gasteiger partial charge in [0.05, 0.1) is 7.11 Å². The van der Waals surface area contributed by atoms with Crippen LogP contribution < -0.4 is 5.73 Å². The quantitative estimate of drug-likeness (QED) is 0.402. The number of carbonyl (C=O) groups excluding carboxylic acids is 1. The molecule has 0 aliphatic rings. The molecule has 1 aromatic carbocycles. The average Bonchev–Trinajstić information content (AvgIpc) is 2.28. The van der Waals surface area contributed by atoms with Crippen molar-refractivity contribution >= 4 is 39.3 Å². The predicted molar refractivity (Wildman–Crippen MR) is 66.3 cm³/mol. The largest absolute Gasteiger partial charge is 0.468 e. The number of benzene rings is 1. The van der Waals surface area contributed by atoms with E-state index >= 15 is 0 Å². The van der Waals surface area contributed by atoms with Gasteiger partial charge in [-0.25, -0.2) is 4.39 Å². The minimum absolute atomic E-state index is 0.346. The van der Waals surface area contributed by atoms with Gasteiger partial charge in [-0.2, -0.15) is 0 Å². The summed E-state index contributed by atoms with van der Waals surface area (Å²) in [6, 6.07) is 4.14. The molecule has 0 spiro atoms. The van der Waals surface area contributed by atoms with Gasteiger partial charge < -0.3 is 10.5 Å². The van der Waals surface area contributed by atoms with Crippen LogP contribution in [-0.2, 0) is 9.53 Å². The minimum atomic E-state index is -0.426. The Morgan fingerprint density at radius 2 is 2.38 bits per heavy atom. The molecule has 0 fully saturated rings. The number of anilines is 1. The van der Waals surface area contributed by atoms with Gasteiger partial charge >= 0.3 is 5.97 Å². The van der Waals surface area contributed by atoms with E-state index in [1.807, 2.05) is 0 Å². The summed E-state index contributed by atoms with van der Waals surface area (Å²) >= 11 is 4.47. The summed E-state index contributed by atoms with van der Waals surface area (Å²) in [6.45, 7) is 0. The molecule has 1 atom stereocenters. The van der Waals surface area contributed by atoms with Gasteiger partial charge in [0.2, 0.25) is 0 Å². The number of hydrogen-bond acceptors (Lipinski definition) is 4. The van der Waals surface area contributed by atoms with Gasteiger partial charge in [-0.05, 0) is 18.2 Å². The fraction of sp³-hybridized carbons (Fsp3) is 0.300. The smallest absolute Gasteiger partial charge is 0.320 e. The number of ether oxygens (including phenoxy) is 1. The number of nitrogens with two attached hydrogens (primary N) is 1. The number of methoxy groups -OCH3 is 1. The molecule has 1 rings (SSSR count). The molecule has 2 N–H and O–H groups in total. The number of alkyl halides is 1. The van der Waals surface area contributed by atoms with Crippen molar-refractivity contribution in [2.45, 2.75) is 9.72 Å². The summed E-state index contributed by atoms with van der Waals surface area (Å²) in [5, 5.41) is 0. The molecule has 0 saturated heterocycles. The topological polar surface area (TPSA) is 52.3 Å². The highest BCUT2D eigenvalue weighted by atomic mass is 79.9. The van der Waals surface area contributed by atoms with Crippen LogP contribution in [0, 0.1) is 5.82 Å². The first-order valence-electron chi connectivity index (χ1n) is 4.44. The lowest BCUT2D eigenvalue weighted by Gasteiger charge is -2.08. The minimum Gasteiger partial charge on any atom is -0.468 e. The van der Waals surface area contributed by atoms with E-state index in [-0.39, 0.29) is 11.8 Å². The molecule has 88 valence electrons. The normalized spacial score (nSPS) is 12.2. The molecule has 0 heterocycles. The van der Waals surface area contributed by atoms with Gasteiger partial charge in [-0.3, -0.25) is 4.79 Å². The Kier molecular flexibility index (Phi) is 5.08. The first-order chi connectivity index (χ1) is 7.54. The highest BCUT2D eigenvalue weighted by molar-refractivity contribution is 9.10. The second-order valence-corrected chi connectivity index (χ2v) is 5.15. The Bertz CT molecular complexity index is 389. The number of rotatable bonds is 4. The number of esters is 1. The maximum Gasteiger partial charge on any atom is 0.320 e. The molecule has 0 aliphatic heterocycles. The standard InChI is InChI=1S/C10H11BrFNO2S/c1-15-10(14)7(11)5-16-9-4-6(12)2-3-8(9)13/h2-4,7H,5,13H2,1H3. The summed E-state index contributed by atoms with van der Waals surface area (Å²) in [5.41, 5.74) is 6.16. The fourth-order valence-electron chi connectivity index (χ4n) is 0.992. The first-order valence-corrected chi connectivity index (χ1v) is 6.34. The van der Waals surface area contributed by atoms with Gasteiger partial charge in [0.15, 0.2) is 0 Å². The zero-order valence-corrected chi connectivity index (χ0v) is 11.0. The van der Waals surface area contributed by atoms with Crippen LogP contribution in [0.5, 0.6) is 0 Å². The van der Waals surface area contributed by atoms with Crippen molar-refractivity contribution in [1.82, 2.24) is 0 Å². The van der Waals surface area contributed by atoms with Crippen molar-refractivity contribution < 1.29 is 13.9 Å². The number of thioether (sulfide) groups is 1. The van der Waals surface area contributed by atoms with E-state index in [2.05, 4.69) is 20.7 Å². The third-order valence-corrected chi connectivity index (χ3v) is 4.11. The number of carbonyl (C=O) groups is 1. The summed E-state index contributed by atoms with van der Waals surface area (Å²) in [4.78, 5) is 11.3. The lowest BCUT2D eigenvalue weighted by molar-refractivity contribution is -0.139. The van der Waals surface area contributed by atoms with Crippen LogP contribution in [0.2, 0.25) is 0 Å². The predicted octanol–water partition coefficient (Wildman–Crippen LogP) is 2.44. The SMILES string of the molecule is COC(=O)C(Br)CSc1cc(F)ccc1N. The third kappa shape index (κ3) is 3.68. The molecule has 1 unspecified atom stereocenters. The number of halogens is 2. The van der Waals surface area contributed by atoms with E-state index in [4.69, 9.17) is 5.73 Å². The van der Waals surface area contributed by atoms with Crippen LogP contribution >= 0.6 is 27.7 Å². The van der Waals surface area contributed by atoms with E-state index in [1.54, 1.807) is 0 Å². The number of hydrogen-bond donors (Lipinski definition) is 1. The molecule has 0 bridgehead atoms. The van der Waals surface area contributed by atoms with Crippen LogP contribution in [0.3, 0.4) is 0 Å². The van der Waals surface area contributed by atoms with E-state index in [9.17, 15) is 9.18 Å². The van der Waals surface area contributed by atoms with Crippen molar-refractivity contribution in [3.8, 4) is 0 Å². The maximum absolute atomic E-state index is 12.9. The van der Waals surface area contributed by atoms with Gasteiger partial charge in [-0.15, -0.1) is 11.8 Å². The average molecular weight is 308 g/mol. The molecule has 6 heteroatoms. The van der Waals surface area contributed by atoms with Crippen molar-refractivity contribution in [2.24, 2.45) is 0 Å². The van der Waals surface area contributed by atoms with Gasteiger partial charge in [0.25, 0.3) is 0 Å². The lowest BCUT2D eigenvalue weighted by Crippen LogP contribution is -2.17. The van der Waals surface area contributed by atoms with Crippen LogP contribution in [0.1, 0.15) is 0 Å². The van der Waals surface area contributed by atoms with Crippen LogP contribution in [0.15, 0.2) is 23.1 Å². The molecule has 0 aliphatic carbocycles. The van der Waals surface area contributed by atoms with Crippen LogP contribution in [-0.4, -0.2) is 23.7 Å². The molecule has 16 heavy (non-hydrogen) atoms. The molecule has 3 nitrogen and oxygen atoms in total. The van der Waals surface area contributed by atoms with E-state index in [1.165, 1.54) is 37.1 Å². The Balaban J connectivity index is 2.60. The van der Waals surface area contributed by atoms with Crippen LogP contribution in [0.25, 0.3) is 0 Å². The summed E-state index contributed by atoms with van der Waals surface area (Å²) in [6.07, 6.45) is 0. The Morgan fingerprint density at radius 3 is 3.00 bits per heavy atom. The van der Waals surface area contributed by atoms with Gasteiger partial charge in [-0.1, -0.05) is 15.9 Å². The van der Waals surface area contributed by atoms with Crippen molar-refractivity contribution in [3.05, 3.63) is 24.0 Å². The van der Waals surface area contributed by atoms with E-state index in [0.29, 0.717) is 16.3 Å². The van der Waals surface area contributed by atoms with Crippen molar-refractivity contribution in [2.75, 3.05) is 18.6 Å².